The number of likely N-dealkylation sites (tertiary alicyclic amines) is 1. The Labute approximate surface area is 287 Å². The molecule has 0 spiro atoms. The fourth-order valence-corrected chi connectivity index (χ4v) is 7.77. The molecule has 1 saturated carbocycles. The molecule has 1 aliphatic carbocycles. The number of carbonyl (C=O) groups excluding carboxylic acids is 1. The zero-order valence-corrected chi connectivity index (χ0v) is 28.4. The van der Waals surface area contributed by atoms with Crippen molar-refractivity contribution in [1.82, 2.24) is 19.9 Å². The number of aliphatic carboxylic acids is 1. The summed E-state index contributed by atoms with van der Waals surface area (Å²) in [6, 6.07) is 0.752. The SMILES string of the molecule is CC[C@@H]1C[C@H](N(Cc2cc(C(F)(F)F)cc(C(F)(F)F)c2)c2ncc(C3C=NN(C)C3)cn2)C[C@H](CC)N1C(=O)C1CCC(CC(=O)O)CC1. The number of rotatable bonds is 10. The monoisotopic (exact) mass is 710 g/mol. The van der Waals surface area contributed by atoms with E-state index in [0.717, 1.165) is 17.7 Å². The third-order valence-corrected chi connectivity index (χ3v) is 10.4. The van der Waals surface area contributed by atoms with Crippen molar-refractivity contribution in [3.63, 3.8) is 0 Å². The molecule has 9 nitrogen and oxygen atoms in total. The van der Waals surface area contributed by atoms with Crippen LogP contribution in [0.5, 0.6) is 0 Å². The van der Waals surface area contributed by atoms with Gasteiger partial charge in [0.25, 0.3) is 0 Å². The van der Waals surface area contributed by atoms with Crippen molar-refractivity contribution in [3.05, 3.63) is 52.8 Å². The number of piperidine rings is 1. The number of amides is 1. The van der Waals surface area contributed by atoms with Crippen LogP contribution in [0.25, 0.3) is 0 Å². The maximum absolute atomic E-state index is 14.1. The van der Waals surface area contributed by atoms with Crippen LogP contribution >= 0.6 is 0 Å². The van der Waals surface area contributed by atoms with Crippen molar-refractivity contribution >= 4 is 24.0 Å². The first-order chi connectivity index (χ1) is 23.6. The van der Waals surface area contributed by atoms with E-state index in [1.54, 1.807) is 28.5 Å². The van der Waals surface area contributed by atoms with Gasteiger partial charge in [-0.05, 0) is 86.6 Å². The molecular weight excluding hydrogens is 666 g/mol. The number of aromatic nitrogens is 2. The number of anilines is 1. The van der Waals surface area contributed by atoms with E-state index in [9.17, 15) is 41.0 Å². The summed E-state index contributed by atoms with van der Waals surface area (Å²) in [5, 5.41) is 15.2. The number of hydrogen-bond acceptors (Lipinski definition) is 7. The molecule has 3 heterocycles. The van der Waals surface area contributed by atoms with E-state index >= 15 is 0 Å². The highest BCUT2D eigenvalue weighted by molar-refractivity contribution is 5.80. The minimum absolute atomic E-state index is 0.0268. The molecule has 1 unspecified atom stereocenters. The van der Waals surface area contributed by atoms with Gasteiger partial charge in [-0.2, -0.15) is 31.4 Å². The van der Waals surface area contributed by atoms with Crippen LogP contribution in [0.1, 0.15) is 99.8 Å². The molecule has 1 aromatic heterocycles. The minimum Gasteiger partial charge on any atom is -0.481 e. The van der Waals surface area contributed by atoms with E-state index in [2.05, 4.69) is 15.1 Å². The van der Waals surface area contributed by atoms with Crippen LogP contribution in [0.15, 0.2) is 35.7 Å². The van der Waals surface area contributed by atoms with Crippen LogP contribution in [0.3, 0.4) is 0 Å². The average Bonchev–Trinajstić information content (AvgIpc) is 3.51. The number of carboxylic acids is 1. The van der Waals surface area contributed by atoms with E-state index in [-0.39, 0.29) is 66.3 Å². The lowest BCUT2D eigenvalue weighted by Crippen LogP contribution is -2.58. The first-order valence-corrected chi connectivity index (χ1v) is 17.2. The Morgan fingerprint density at radius 2 is 1.46 bits per heavy atom. The number of hydrogen-bond donors (Lipinski definition) is 1. The fraction of sp³-hybridized carbons (Fsp3) is 0.629. The number of halogens is 6. The van der Waals surface area contributed by atoms with Crippen molar-refractivity contribution in [2.24, 2.45) is 16.9 Å². The van der Waals surface area contributed by atoms with Gasteiger partial charge in [0.05, 0.1) is 11.1 Å². The van der Waals surface area contributed by atoms with E-state index in [4.69, 9.17) is 0 Å². The molecule has 3 aliphatic rings. The first kappa shape index (κ1) is 37.3. The second-order valence-corrected chi connectivity index (χ2v) is 13.9. The lowest BCUT2D eigenvalue weighted by Gasteiger charge is -2.49. The van der Waals surface area contributed by atoms with E-state index in [0.29, 0.717) is 57.9 Å². The summed E-state index contributed by atoms with van der Waals surface area (Å²) >= 11 is 0. The van der Waals surface area contributed by atoms with E-state index in [1.165, 1.54) is 0 Å². The molecule has 2 fully saturated rings. The Morgan fingerprint density at radius 3 is 1.92 bits per heavy atom. The summed E-state index contributed by atoms with van der Waals surface area (Å²) in [7, 11) is 1.83. The number of carbonyl (C=O) groups is 2. The van der Waals surface area contributed by atoms with Crippen LogP contribution in [0, 0.1) is 11.8 Å². The second-order valence-electron chi connectivity index (χ2n) is 13.9. The predicted octanol–water partition coefficient (Wildman–Crippen LogP) is 7.36. The largest absolute Gasteiger partial charge is 0.481 e. The van der Waals surface area contributed by atoms with E-state index < -0.39 is 35.5 Å². The van der Waals surface area contributed by atoms with Gasteiger partial charge < -0.3 is 14.9 Å². The standard InChI is InChI=1S/C35H44F6N6O3/c1-4-28-14-30(15-29(5-2)47(28)32(50)23-8-6-21(7-9-23)12-31(48)49)46(33-42-16-24(17-43-33)25-18-44-45(3)20-25)19-22-10-26(34(36,37)38)13-27(11-22)35(39,40)41/h10-11,13,16-18,21,23,25,28-30H,4-9,12,14-15,19-20H2,1-3H3,(H,48,49)/t21?,23?,25?,28-,29+,30+. The first-order valence-electron chi connectivity index (χ1n) is 17.2. The highest BCUT2D eigenvalue weighted by atomic mass is 19.4. The summed E-state index contributed by atoms with van der Waals surface area (Å²) < 4.78 is 83.0. The van der Waals surface area contributed by atoms with E-state index in [1.807, 2.05) is 25.8 Å². The minimum atomic E-state index is -4.99. The van der Waals surface area contributed by atoms with Gasteiger partial charge in [-0.25, -0.2) is 9.97 Å². The molecule has 1 amide bonds. The zero-order valence-electron chi connectivity index (χ0n) is 28.4. The molecular formula is C35H44F6N6O3. The molecule has 4 atom stereocenters. The molecule has 50 heavy (non-hydrogen) atoms. The summed E-state index contributed by atoms with van der Waals surface area (Å²) in [5.74, 6) is -0.893. The fourth-order valence-electron chi connectivity index (χ4n) is 7.77. The summed E-state index contributed by atoms with van der Waals surface area (Å²) in [4.78, 5) is 38.1. The topological polar surface area (TPSA) is 102 Å². The summed E-state index contributed by atoms with van der Waals surface area (Å²) in [5.41, 5.74) is -2.18. The third kappa shape index (κ3) is 8.68. The molecule has 1 saturated heterocycles. The predicted molar refractivity (Wildman–Crippen MR) is 174 cm³/mol. The van der Waals surface area contributed by atoms with Crippen LogP contribution < -0.4 is 4.90 Å². The normalized spacial score (nSPS) is 25.9. The molecule has 2 aliphatic heterocycles. The van der Waals surface area contributed by atoms with Crippen LogP contribution in [0.4, 0.5) is 32.3 Å². The highest BCUT2D eigenvalue weighted by Gasteiger charge is 2.43. The number of alkyl halides is 6. The molecule has 0 bridgehead atoms. The number of likely N-dealkylation sites (N-methyl/N-ethyl adjacent to an activating group) is 1. The Balaban J connectivity index is 1.46. The number of benzene rings is 1. The van der Waals surface area contributed by atoms with Crippen molar-refractivity contribution < 1.29 is 41.0 Å². The van der Waals surface area contributed by atoms with Crippen molar-refractivity contribution in [3.8, 4) is 0 Å². The van der Waals surface area contributed by atoms with Crippen LogP contribution in [-0.4, -0.2) is 74.8 Å². The third-order valence-electron chi connectivity index (χ3n) is 10.4. The molecule has 2 aromatic rings. The van der Waals surface area contributed by atoms with Gasteiger partial charge in [-0.15, -0.1) is 0 Å². The molecule has 5 rings (SSSR count). The smallest absolute Gasteiger partial charge is 0.416 e. The number of nitrogens with zero attached hydrogens (tertiary/aromatic N) is 6. The molecule has 1 aromatic carbocycles. The molecule has 0 radical (unpaired) electrons. The lowest BCUT2D eigenvalue weighted by atomic mass is 9.78. The Kier molecular flexibility index (Phi) is 11.3. The highest BCUT2D eigenvalue weighted by Crippen LogP contribution is 2.40. The number of hydrazone groups is 1. The van der Waals surface area contributed by atoms with Gasteiger partial charge in [0, 0.05) is 75.1 Å². The van der Waals surface area contributed by atoms with Crippen LogP contribution in [0.2, 0.25) is 0 Å². The summed E-state index contributed by atoms with van der Waals surface area (Å²) in [6.45, 7) is 4.23. The molecule has 274 valence electrons. The van der Waals surface area contributed by atoms with Crippen molar-refractivity contribution in [2.75, 3.05) is 18.5 Å². The zero-order chi connectivity index (χ0) is 36.4. The molecule has 1 N–H and O–H groups in total. The van der Waals surface area contributed by atoms with Gasteiger partial charge in [0.2, 0.25) is 11.9 Å². The van der Waals surface area contributed by atoms with Crippen LogP contribution in [-0.2, 0) is 28.5 Å². The van der Waals surface area contributed by atoms with Crippen molar-refractivity contribution in [2.45, 2.75) is 115 Å². The Morgan fingerprint density at radius 1 is 0.900 bits per heavy atom. The summed E-state index contributed by atoms with van der Waals surface area (Å²) in [6.07, 6.45) is -0.339. The Hall–Kier alpha value is -3.91. The second kappa shape index (κ2) is 15.1. The Bertz CT molecular complexity index is 1480. The van der Waals surface area contributed by atoms with Gasteiger partial charge >= 0.3 is 18.3 Å². The maximum Gasteiger partial charge on any atom is 0.416 e. The van der Waals surface area contributed by atoms with Gasteiger partial charge in [0.15, 0.2) is 0 Å². The number of carboxylic acid groups (broad SMARTS) is 1. The van der Waals surface area contributed by atoms with Crippen molar-refractivity contribution in [1.29, 1.82) is 0 Å². The van der Waals surface area contributed by atoms with Gasteiger partial charge in [-0.1, -0.05) is 13.8 Å². The quantitative estimate of drug-likeness (QED) is 0.257. The average molecular weight is 711 g/mol. The molecule has 15 heteroatoms. The lowest BCUT2D eigenvalue weighted by molar-refractivity contribution is -0.145. The van der Waals surface area contributed by atoms with Gasteiger partial charge in [-0.3, -0.25) is 14.6 Å². The van der Waals surface area contributed by atoms with Gasteiger partial charge in [0.1, 0.15) is 0 Å². The maximum atomic E-state index is 14.1.